The van der Waals surface area contributed by atoms with Gasteiger partial charge in [0.25, 0.3) is 0 Å². The van der Waals surface area contributed by atoms with Crippen LogP contribution >= 0.6 is 0 Å². The van der Waals surface area contributed by atoms with Crippen LogP contribution in [0.2, 0.25) is 0 Å². The molecule has 0 fully saturated rings. The number of sulfonamides is 1. The standard InChI is InChI=1S/C25H28N2O6S/c1-18(25(28)26-17-19-10-15-23(31-2)24(16-19)32-3)27(34(4,29)30)20-11-13-22(14-12-20)33-21-8-6-5-7-9-21/h5-16,18H,17H2,1-4H3,(H,26,28). The van der Waals surface area contributed by atoms with Crippen molar-refractivity contribution < 1.29 is 27.4 Å². The van der Waals surface area contributed by atoms with Gasteiger partial charge in [0, 0.05) is 6.54 Å². The highest BCUT2D eigenvalue weighted by Gasteiger charge is 2.29. The molecule has 1 atom stereocenters. The number of methoxy groups -OCH3 is 2. The first kappa shape index (κ1) is 24.9. The zero-order valence-electron chi connectivity index (χ0n) is 19.5. The van der Waals surface area contributed by atoms with E-state index >= 15 is 0 Å². The second-order valence-electron chi connectivity index (χ2n) is 7.55. The molecule has 0 saturated carbocycles. The average Bonchev–Trinajstić information content (AvgIpc) is 2.83. The molecular formula is C25H28N2O6S. The zero-order chi connectivity index (χ0) is 24.7. The second kappa shape index (κ2) is 10.9. The Hall–Kier alpha value is -3.72. The fourth-order valence-corrected chi connectivity index (χ4v) is 4.60. The molecule has 0 aliphatic rings. The molecule has 0 aromatic heterocycles. The lowest BCUT2D eigenvalue weighted by atomic mass is 10.2. The van der Waals surface area contributed by atoms with Gasteiger partial charge in [0.1, 0.15) is 17.5 Å². The first-order valence-electron chi connectivity index (χ1n) is 10.5. The predicted molar refractivity (Wildman–Crippen MR) is 131 cm³/mol. The maximum absolute atomic E-state index is 12.9. The normalized spacial score (nSPS) is 11.9. The predicted octanol–water partition coefficient (Wildman–Crippen LogP) is 3.97. The fourth-order valence-electron chi connectivity index (χ4n) is 3.42. The highest BCUT2D eigenvalue weighted by atomic mass is 32.2. The van der Waals surface area contributed by atoms with Crippen molar-refractivity contribution in [3.05, 3.63) is 78.4 Å². The molecule has 0 radical (unpaired) electrons. The average molecular weight is 485 g/mol. The molecule has 3 aromatic carbocycles. The molecule has 1 unspecified atom stereocenters. The number of rotatable bonds is 10. The summed E-state index contributed by atoms with van der Waals surface area (Å²) in [5.41, 5.74) is 1.14. The second-order valence-corrected chi connectivity index (χ2v) is 9.41. The van der Waals surface area contributed by atoms with E-state index in [0.717, 1.165) is 16.1 Å². The number of anilines is 1. The SMILES string of the molecule is COc1ccc(CNC(=O)C(C)N(c2ccc(Oc3ccccc3)cc2)S(C)(=O)=O)cc1OC. The molecule has 8 nitrogen and oxygen atoms in total. The topological polar surface area (TPSA) is 94.2 Å². The third-order valence-electron chi connectivity index (χ3n) is 5.07. The van der Waals surface area contributed by atoms with Crippen molar-refractivity contribution in [1.29, 1.82) is 0 Å². The first-order chi connectivity index (χ1) is 16.2. The van der Waals surface area contributed by atoms with Crippen LogP contribution in [0.3, 0.4) is 0 Å². The number of carbonyl (C=O) groups excluding carboxylic acids is 1. The van der Waals surface area contributed by atoms with E-state index in [0.29, 0.717) is 28.7 Å². The van der Waals surface area contributed by atoms with E-state index in [9.17, 15) is 13.2 Å². The summed E-state index contributed by atoms with van der Waals surface area (Å²) >= 11 is 0. The molecular weight excluding hydrogens is 456 g/mol. The zero-order valence-corrected chi connectivity index (χ0v) is 20.3. The van der Waals surface area contributed by atoms with Crippen molar-refractivity contribution >= 4 is 21.6 Å². The Kier molecular flexibility index (Phi) is 8.01. The third kappa shape index (κ3) is 6.20. The largest absolute Gasteiger partial charge is 0.493 e. The van der Waals surface area contributed by atoms with Crippen LogP contribution in [0, 0.1) is 0 Å². The van der Waals surface area contributed by atoms with E-state index in [1.54, 1.807) is 56.5 Å². The molecule has 0 bridgehead atoms. The van der Waals surface area contributed by atoms with Gasteiger partial charge in [0.2, 0.25) is 15.9 Å². The van der Waals surface area contributed by atoms with Gasteiger partial charge >= 0.3 is 0 Å². The van der Waals surface area contributed by atoms with E-state index in [-0.39, 0.29) is 6.54 Å². The highest BCUT2D eigenvalue weighted by Crippen LogP contribution is 2.28. The van der Waals surface area contributed by atoms with Gasteiger partial charge in [-0.3, -0.25) is 9.10 Å². The van der Waals surface area contributed by atoms with Crippen molar-refractivity contribution in [1.82, 2.24) is 5.32 Å². The van der Waals surface area contributed by atoms with Gasteiger partial charge in [-0.25, -0.2) is 8.42 Å². The lowest BCUT2D eigenvalue weighted by Crippen LogP contribution is -2.47. The van der Waals surface area contributed by atoms with E-state index < -0.39 is 22.0 Å². The first-order valence-corrected chi connectivity index (χ1v) is 12.4. The van der Waals surface area contributed by atoms with E-state index in [2.05, 4.69) is 5.32 Å². The molecule has 3 aromatic rings. The lowest BCUT2D eigenvalue weighted by molar-refractivity contribution is -0.122. The monoisotopic (exact) mass is 484 g/mol. The summed E-state index contributed by atoms with van der Waals surface area (Å²) in [6, 6.07) is 20.1. The van der Waals surface area contributed by atoms with Crippen LogP contribution in [0.15, 0.2) is 72.8 Å². The minimum Gasteiger partial charge on any atom is -0.493 e. The van der Waals surface area contributed by atoms with Gasteiger partial charge in [0.05, 0.1) is 26.2 Å². The number of ether oxygens (including phenoxy) is 3. The van der Waals surface area contributed by atoms with Gasteiger partial charge in [-0.2, -0.15) is 0 Å². The highest BCUT2D eigenvalue weighted by molar-refractivity contribution is 7.92. The molecule has 0 saturated heterocycles. The minimum atomic E-state index is -3.74. The van der Waals surface area contributed by atoms with Crippen LogP contribution in [-0.4, -0.2) is 40.8 Å². The molecule has 9 heteroatoms. The summed E-state index contributed by atoms with van der Waals surface area (Å²) in [5.74, 6) is 1.89. The molecule has 3 rings (SSSR count). The molecule has 1 amide bonds. The van der Waals surface area contributed by atoms with E-state index in [4.69, 9.17) is 14.2 Å². The molecule has 1 N–H and O–H groups in total. The molecule has 34 heavy (non-hydrogen) atoms. The fraction of sp³-hybridized carbons (Fsp3) is 0.240. The number of hydrogen-bond acceptors (Lipinski definition) is 6. The van der Waals surface area contributed by atoms with Crippen LogP contribution < -0.4 is 23.8 Å². The summed E-state index contributed by atoms with van der Waals surface area (Å²) in [4.78, 5) is 12.9. The minimum absolute atomic E-state index is 0.199. The van der Waals surface area contributed by atoms with Crippen molar-refractivity contribution in [2.75, 3.05) is 24.8 Å². The Morgan fingerprint density at radius 3 is 2.12 bits per heavy atom. The molecule has 0 aliphatic carbocycles. The van der Waals surface area contributed by atoms with Gasteiger partial charge in [0.15, 0.2) is 11.5 Å². The number of nitrogens with one attached hydrogen (secondary N) is 1. The van der Waals surface area contributed by atoms with Crippen molar-refractivity contribution in [3.8, 4) is 23.0 Å². The van der Waals surface area contributed by atoms with E-state index in [1.165, 1.54) is 7.11 Å². The van der Waals surface area contributed by atoms with Crippen LogP contribution in [0.1, 0.15) is 12.5 Å². The summed E-state index contributed by atoms with van der Waals surface area (Å²) in [7, 11) is -0.668. The number of nitrogens with zero attached hydrogens (tertiary/aromatic N) is 1. The quantitative estimate of drug-likeness (QED) is 0.468. The summed E-state index contributed by atoms with van der Waals surface area (Å²) in [6.07, 6.45) is 1.07. The third-order valence-corrected chi connectivity index (χ3v) is 6.31. The van der Waals surface area contributed by atoms with E-state index in [1.807, 2.05) is 30.3 Å². The summed E-state index contributed by atoms with van der Waals surface area (Å²) in [6.45, 7) is 1.74. The molecule has 0 heterocycles. The molecule has 0 aliphatic heterocycles. The number of para-hydroxylation sites is 1. The Labute approximate surface area is 200 Å². The number of amides is 1. The number of benzene rings is 3. The Balaban J connectivity index is 1.73. The van der Waals surface area contributed by atoms with Gasteiger partial charge in [-0.05, 0) is 61.0 Å². The Morgan fingerprint density at radius 1 is 0.912 bits per heavy atom. The van der Waals surface area contributed by atoms with Gasteiger partial charge in [-0.15, -0.1) is 0 Å². The maximum atomic E-state index is 12.9. The number of hydrogen-bond donors (Lipinski definition) is 1. The van der Waals surface area contributed by atoms with Crippen LogP contribution in [0.5, 0.6) is 23.0 Å². The lowest BCUT2D eigenvalue weighted by Gasteiger charge is -2.28. The molecule has 180 valence electrons. The van der Waals surface area contributed by atoms with Crippen molar-refractivity contribution in [2.45, 2.75) is 19.5 Å². The maximum Gasteiger partial charge on any atom is 0.243 e. The van der Waals surface area contributed by atoms with Gasteiger partial charge in [-0.1, -0.05) is 24.3 Å². The van der Waals surface area contributed by atoms with Crippen LogP contribution in [0.4, 0.5) is 5.69 Å². The Bertz CT molecular complexity index is 1210. The van der Waals surface area contributed by atoms with Gasteiger partial charge < -0.3 is 19.5 Å². The number of carbonyl (C=O) groups is 1. The van der Waals surface area contributed by atoms with Crippen molar-refractivity contribution in [2.24, 2.45) is 0 Å². The van der Waals surface area contributed by atoms with Crippen LogP contribution in [-0.2, 0) is 21.4 Å². The van der Waals surface area contributed by atoms with Crippen molar-refractivity contribution in [3.63, 3.8) is 0 Å². The summed E-state index contributed by atoms with van der Waals surface area (Å²) < 4.78 is 42.5. The van der Waals surface area contributed by atoms with Crippen LogP contribution in [0.25, 0.3) is 0 Å². The smallest absolute Gasteiger partial charge is 0.243 e. The summed E-state index contributed by atoms with van der Waals surface area (Å²) in [5, 5.41) is 2.79. The Morgan fingerprint density at radius 2 is 1.53 bits per heavy atom. The molecule has 0 spiro atoms.